The Morgan fingerprint density at radius 3 is 2.47 bits per heavy atom. The van der Waals surface area contributed by atoms with Crippen LogP contribution < -0.4 is 16.0 Å². The van der Waals surface area contributed by atoms with E-state index >= 15 is 0 Å². The Balaban J connectivity index is 1.54. The number of carbonyl (C=O) groups is 3. The molecule has 1 aliphatic heterocycles. The lowest BCUT2D eigenvalue weighted by atomic mass is 10.1. The Labute approximate surface area is 200 Å². The van der Waals surface area contributed by atoms with Crippen molar-refractivity contribution in [1.29, 1.82) is 0 Å². The van der Waals surface area contributed by atoms with Gasteiger partial charge < -0.3 is 21.1 Å². The van der Waals surface area contributed by atoms with Crippen LogP contribution in [0.5, 0.6) is 0 Å². The maximum Gasteiger partial charge on any atom is 0.307 e. The minimum Gasteiger partial charge on any atom is -0.481 e. The van der Waals surface area contributed by atoms with Crippen LogP contribution in [0.15, 0.2) is 53.9 Å². The number of rotatable bonds is 8. The molecule has 10 heteroatoms. The van der Waals surface area contributed by atoms with E-state index in [0.29, 0.717) is 43.1 Å². The van der Waals surface area contributed by atoms with Gasteiger partial charge in [-0.25, -0.2) is 4.98 Å². The van der Waals surface area contributed by atoms with E-state index in [9.17, 15) is 19.5 Å². The molecule has 0 aliphatic carbocycles. The van der Waals surface area contributed by atoms with Gasteiger partial charge in [-0.15, -0.1) is 11.3 Å². The second-order valence-corrected chi connectivity index (χ2v) is 8.87. The van der Waals surface area contributed by atoms with Crippen LogP contribution in [0.4, 0.5) is 11.4 Å². The van der Waals surface area contributed by atoms with Crippen LogP contribution >= 0.6 is 11.3 Å². The summed E-state index contributed by atoms with van der Waals surface area (Å²) in [5.74, 6) is -1.63. The van der Waals surface area contributed by atoms with Crippen molar-refractivity contribution in [1.82, 2.24) is 9.88 Å². The summed E-state index contributed by atoms with van der Waals surface area (Å²) in [5.41, 5.74) is 8.52. The predicted molar refractivity (Wildman–Crippen MR) is 131 cm³/mol. The van der Waals surface area contributed by atoms with E-state index in [1.807, 2.05) is 35.2 Å². The zero-order valence-electron chi connectivity index (χ0n) is 18.4. The van der Waals surface area contributed by atoms with Gasteiger partial charge in [0.2, 0.25) is 5.91 Å². The van der Waals surface area contributed by atoms with Gasteiger partial charge in [0, 0.05) is 37.1 Å². The van der Waals surface area contributed by atoms with E-state index in [1.165, 1.54) is 11.3 Å². The smallest absolute Gasteiger partial charge is 0.307 e. The number of nitrogens with zero attached hydrogens (tertiary/aromatic N) is 3. The van der Waals surface area contributed by atoms with Gasteiger partial charge in [0.1, 0.15) is 10.7 Å². The van der Waals surface area contributed by atoms with Gasteiger partial charge in [-0.1, -0.05) is 36.4 Å². The highest BCUT2D eigenvalue weighted by molar-refractivity contribution is 7.13. The maximum atomic E-state index is 13.0. The van der Waals surface area contributed by atoms with Crippen molar-refractivity contribution in [3.05, 3.63) is 65.2 Å². The van der Waals surface area contributed by atoms with E-state index in [-0.39, 0.29) is 24.8 Å². The second kappa shape index (κ2) is 10.4. The number of benzene rings is 2. The summed E-state index contributed by atoms with van der Waals surface area (Å²) in [6.07, 6.45) is -0.116. The zero-order chi connectivity index (χ0) is 24.1. The molecule has 2 aromatic carbocycles. The molecule has 1 fully saturated rings. The average molecular weight is 480 g/mol. The normalized spacial score (nSPS) is 14.1. The van der Waals surface area contributed by atoms with Crippen LogP contribution in [0.3, 0.4) is 0 Å². The minimum absolute atomic E-state index is 0.116. The molecule has 0 atom stereocenters. The van der Waals surface area contributed by atoms with Crippen molar-refractivity contribution in [2.24, 2.45) is 5.73 Å². The van der Waals surface area contributed by atoms with Crippen molar-refractivity contribution in [3.63, 3.8) is 0 Å². The molecule has 1 aromatic heterocycles. The Morgan fingerprint density at radius 2 is 1.79 bits per heavy atom. The van der Waals surface area contributed by atoms with Gasteiger partial charge in [0.15, 0.2) is 0 Å². The highest BCUT2D eigenvalue weighted by Crippen LogP contribution is 2.30. The number of primary amides is 1. The lowest BCUT2D eigenvalue weighted by molar-refractivity contribution is -0.136. The first-order chi connectivity index (χ1) is 16.4. The number of aromatic nitrogens is 1. The number of anilines is 2. The largest absolute Gasteiger partial charge is 0.481 e. The molecule has 2 heterocycles. The zero-order valence-corrected chi connectivity index (χ0v) is 19.3. The fraction of sp³-hybridized carbons (Fsp3) is 0.250. The number of nitrogens with two attached hydrogens (primary N) is 1. The molecule has 0 spiro atoms. The summed E-state index contributed by atoms with van der Waals surface area (Å²) in [6, 6.07) is 14.9. The first-order valence-electron chi connectivity index (χ1n) is 10.8. The molecule has 3 aromatic rings. The lowest BCUT2D eigenvalue weighted by Crippen LogP contribution is -2.49. The van der Waals surface area contributed by atoms with Gasteiger partial charge in [-0.3, -0.25) is 19.3 Å². The van der Waals surface area contributed by atoms with Gasteiger partial charge in [-0.05, 0) is 17.7 Å². The highest BCUT2D eigenvalue weighted by Gasteiger charge is 2.22. The Morgan fingerprint density at radius 1 is 1.06 bits per heavy atom. The van der Waals surface area contributed by atoms with Crippen LogP contribution in [0, 0.1) is 0 Å². The number of hydrogen-bond donors (Lipinski definition) is 3. The molecule has 0 bridgehead atoms. The summed E-state index contributed by atoms with van der Waals surface area (Å²) < 4.78 is 0. The molecule has 1 saturated heterocycles. The molecular weight excluding hydrogens is 454 g/mol. The molecule has 0 unspecified atom stereocenters. The summed E-state index contributed by atoms with van der Waals surface area (Å²) in [7, 11) is 0. The van der Waals surface area contributed by atoms with Crippen LogP contribution in [-0.4, -0.2) is 65.5 Å². The van der Waals surface area contributed by atoms with E-state index in [2.05, 4.69) is 15.2 Å². The third-order valence-corrected chi connectivity index (χ3v) is 6.41. The number of hydrogen-bond acceptors (Lipinski definition) is 7. The summed E-state index contributed by atoms with van der Waals surface area (Å²) in [4.78, 5) is 44.0. The molecule has 1 aliphatic rings. The van der Waals surface area contributed by atoms with Crippen molar-refractivity contribution in [2.75, 3.05) is 42.9 Å². The lowest BCUT2D eigenvalue weighted by Gasteiger charge is -2.36. The van der Waals surface area contributed by atoms with E-state index in [0.717, 1.165) is 16.3 Å². The number of thiazole rings is 1. The first kappa shape index (κ1) is 23.4. The molecule has 0 saturated carbocycles. The summed E-state index contributed by atoms with van der Waals surface area (Å²) in [6.45, 7) is 2.69. The van der Waals surface area contributed by atoms with Gasteiger partial charge in [0.25, 0.3) is 5.91 Å². The number of piperazine rings is 1. The fourth-order valence-corrected chi connectivity index (χ4v) is 4.68. The SMILES string of the molecule is NC(=O)CN1CCN(c2cc(CC(=O)O)ccc2NC(=O)c2csc(-c3ccccc3)n2)CC1. The number of carboxylic acids is 1. The third-order valence-electron chi connectivity index (χ3n) is 5.52. The topological polar surface area (TPSA) is 129 Å². The Kier molecular flexibility index (Phi) is 7.19. The second-order valence-electron chi connectivity index (χ2n) is 8.01. The predicted octanol–water partition coefficient (Wildman–Crippen LogP) is 2.30. The number of aliphatic carboxylic acids is 1. The molecule has 176 valence electrons. The van der Waals surface area contributed by atoms with E-state index < -0.39 is 5.97 Å². The summed E-state index contributed by atoms with van der Waals surface area (Å²) in [5, 5.41) is 14.6. The number of amides is 2. The van der Waals surface area contributed by atoms with Crippen molar-refractivity contribution < 1.29 is 19.5 Å². The van der Waals surface area contributed by atoms with Crippen molar-refractivity contribution in [2.45, 2.75) is 6.42 Å². The molecule has 4 N–H and O–H groups in total. The van der Waals surface area contributed by atoms with Gasteiger partial charge in [-0.2, -0.15) is 0 Å². The van der Waals surface area contributed by atoms with Crippen molar-refractivity contribution >= 4 is 40.5 Å². The van der Waals surface area contributed by atoms with Crippen molar-refractivity contribution in [3.8, 4) is 10.6 Å². The molecule has 34 heavy (non-hydrogen) atoms. The third kappa shape index (κ3) is 5.77. The number of carbonyl (C=O) groups excluding carboxylic acids is 2. The first-order valence-corrected chi connectivity index (χ1v) is 11.7. The van der Waals surface area contributed by atoms with Crippen LogP contribution in [0.25, 0.3) is 10.6 Å². The molecule has 2 amide bonds. The van der Waals surface area contributed by atoms with Crippen LogP contribution in [0.1, 0.15) is 16.1 Å². The van der Waals surface area contributed by atoms with Crippen LogP contribution in [0.2, 0.25) is 0 Å². The Hall–Kier alpha value is -3.76. The minimum atomic E-state index is -0.926. The molecular formula is C24H25N5O4S. The number of carboxylic acid groups (broad SMARTS) is 1. The standard InChI is InChI=1S/C24H25N5O4S/c25-21(30)14-28-8-10-29(11-9-28)20-12-16(13-22(31)32)6-7-18(20)26-23(33)19-15-34-24(27-19)17-4-2-1-3-5-17/h1-7,12,15H,8-11,13-14H2,(H2,25,30)(H,26,33)(H,31,32). The quantitative estimate of drug-likeness (QED) is 0.452. The molecule has 4 rings (SSSR count). The summed E-state index contributed by atoms with van der Waals surface area (Å²) >= 11 is 1.40. The molecule has 9 nitrogen and oxygen atoms in total. The average Bonchev–Trinajstić information content (AvgIpc) is 3.31. The highest BCUT2D eigenvalue weighted by atomic mass is 32.1. The van der Waals surface area contributed by atoms with Crippen LogP contribution in [-0.2, 0) is 16.0 Å². The van der Waals surface area contributed by atoms with Gasteiger partial charge >= 0.3 is 5.97 Å². The maximum absolute atomic E-state index is 13.0. The van der Waals surface area contributed by atoms with Gasteiger partial charge in [0.05, 0.1) is 24.3 Å². The van der Waals surface area contributed by atoms with E-state index in [1.54, 1.807) is 23.6 Å². The molecule has 0 radical (unpaired) electrons. The fourth-order valence-electron chi connectivity index (χ4n) is 3.87. The Bertz CT molecular complexity index is 1190. The monoisotopic (exact) mass is 479 g/mol. The number of nitrogens with one attached hydrogen (secondary N) is 1. The van der Waals surface area contributed by atoms with E-state index in [4.69, 9.17) is 5.73 Å².